The molecule has 10 nitrogen and oxygen atoms in total. The summed E-state index contributed by atoms with van der Waals surface area (Å²) in [6, 6.07) is 8.54. The monoisotopic (exact) mass is 504 g/mol. The van der Waals surface area contributed by atoms with Gasteiger partial charge >= 0.3 is 12.0 Å². The quantitative estimate of drug-likeness (QED) is 0.285. The van der Waals surface area contributed by atoms with Gasteiger partial charge in [0.2, 0.25) is 6.79 Å². The van der Waals surface area contributed by atoms with Gasteiger partial charge in [0, 0.05) is 6.04 Å². The van der Waals surface area contributed by atoms with Crippen LogP contribution in [0, 0.1) is 11.8 Å². The van der Waals surface area contributed by atoms with E-state index >= 15 is 0 Å². The molecule has 0 spiro atoms. The van der Waals surface area contributed by atoms with Crippen molar-refractivity contribution in [3.63, 3.8) is 0 Å². The molecule has 2 saturated carbocycles. The van der Waals surface area contributed by atoms with Gasteiger partial charge in [0.1, 0.15) is 5.57 Å². The predicted molar refractivity (Wildman–Crippen MR) is 128 cm³/mol. The summed E-state index contributed by atoms with van der Waals surface area (Å²) in [6.45, 7) is 0.0901. The van der Waals surface area contributed by atoms with Gasteiger partial charge in [-0.15, -0.1) is 0 Å². The average molecular weight is 504 g/mol. The number of nitrogens with one attached hydrogen (secondary N) is 1. The number of ether oxygens (including phenoxy) is 4. The van der Waals surface area contributed by atoms with Crippen LogP contribution in [0.3, 0.4) is 0 Å². The fourth-order valence-electron chi connectivity index (χ4n) is 5.71. The van der Waals surface area contributed by atoms with E-state index in [4.69, 9.17) is 18.9 Å². The highest BCUT2D eigenvalue weighted by molar-refractivity contribution is 6.31. The van der Waals surface area contributed by atoms with Crippen LogP contribution in [-0.2, 0) is 9.59 Å². The van der Waals surface area contributed by atoms with Crippen LogP contribution in [0.2, 0.25) is 0 Å². The molecule has 1 N–H and O–H groups in total. The molecule has 2 heterocycles. The maximum atomic E-state index is 13.3. The lowest BCUT2D eigenvalue weighted by Crippen LogP contribution is -2.58. The summed E-state index contributed by atoms with van der Waals surface area (Å²) in [7, 11) is 1.41. The number of rotatable bonds is 5. The van der Waals surface area contributed by atoms with Gasteiger partial charge in [-0.2, -0.15) is 0 Å². The zero-order valence-corrected chi connectivity index (χ0v) is 20.0. The third kappa shape index (κ3) is 4.08. The summed E-state index contributed by atoms with van der Waals surface area (Å²) in [5.41, 5.74) is 0.613. The molecule has 0 unspecified atom stereocenters. The molecule has 2 aromatic carbocycles. The summed E-state index contributed by atoms with van der Waals surface area (Å²) < 4.78 is 21.5. The van der Waals surface area contributed by atoms with Crippen molar-refractivity contribution in [1.29, 1.82) is 0 Å². The number of esters is 1. The molecule has 2 aliphatic heterocycles. The highest BCUT2D eigenvalue weighted by Gasteiger charge is 2.49. The number of methoxy groups -OCH3 is 1. The Labute approximate surface area is 212 Å². The first-order chi connectivity index (χ1) is 17.9. The number of imide groups is 2. The van der Waals surface area contributed by atoms with Gasteiger partial charge < -0.3 is 18.9 Å². The van der Waals surface area contributed by atoms with Crippen molar-refractivity contribution in [2.75, 3.05) is 13.9 Å². The van der Waals surface area contributed by atoms with E-state index in [1.54, 1.807) is 24.3 Å². The second-order valence-electron chi connectivity index (χ2n) is 9.60. The number of urea groups is 1. The van der Waals surface area contributed by atoms with Gasteiger partial charge in [-0.05, 0) is 73.1 Å². The van der Waals surface area contributed by atoms with Crippen LogP contribution in [-0.4, -0.2) is 48.7 Å². The first kappa shape index (κ1) is 23.1. The minimum absolute atomic E-state index is 0.0901. The molecule has 3 fully saturated rings. The molecular formula is C27H24N2O8. The number of amides is 4. The van der Waals surface area contributed by atoms with Gasteiger partial charge in [0.05, 0.1) is 12.7 Å². The van der Waals surface area contributed by atoms with Crippen LogP contribution in [0.4, 0.5) is 4.79 Å². The lowest BCUT2D eigenvalue weighted by molar-refractivity contribution is -0.132. The van der Waals surface area contributed by atoms with E-state index in [1.165, 1.54) is 30.2 Å². The third-order valence-electron chi connectivity index (χ3n) is 7.48. The second-order valence-corrected chi connectivity index (χ2v) is 9.60. The Hall–Kier alpha value is -4.34. The highest BCUT2D eigenvalue weighted by atomic mass is 16.7. The molecule has 37 heavy (non-hydrogen) atoms. The van der Waals surface area contributed by atoms with Crippen LogP contribution in [0.15, 0.2) is 42.0 Å². The number of carbonyl (C=O) groups excluding carboxylic acids is 4. The van der Waals surface area contributed by atoms with E-state index in [1.807, 2.05) is 0 Å². The average Bonchev–Trinajstić information content (AvgIpc) is 3.64. The van der Waals surface area contributed by atoms with Crippen LogP contribution < -0.4 is 24.3 Å². The topological polar surface area (TPSA) is 120 Å². The Balaban J connectivity index is 1.23. The molecule has 2 bridgehead atoms. The van der Waals surface area contributed by atoms with Gasteiger partial charge in [-0.25, -0.2) is 9.59 Å². The molecule has 6 rings (SSSR count). The molecule has 3 atom stereocenters. The zero-order valence-electron chi connectivity index (χ0n) is 20.0. The number of hydrogen-bond donors (Lipinski definition) is 1. The van der Waals surface area contributed by atoms with Crippen molar-refractivity contribution in [3.8, 4) is 23.0 Å². The molecule has 2 aromatic rings. The van der Waals surface area contributed by atoms with E-state index in [2.05, 4.69) is 5.32 Å². The molecule has 4 amide bonds. The number of nitrogens with zero attached hydrogens (tertiary/aromatic N) is 1. The lowest BCUT2D eigenvalue weighted by atomic mass is 9.93. The lowest BCUT2D eigenvalue weighted by Gasteiger charge is -2.35. The van der Waals surface area contributed by atoms with Crippen LogP contribution in [0.5, 0.6) is 23.0 Å². The summed E-state index contributed by atoms with van der Waals surface area (Å²) >= 11 is 0. The van der Waals surface area contributed by atoms with Gasteiger partial charge in [0.15, 0.2) is 23.0 Å². The Morgan fingerprint density at radius 2 is 1.86 bits per heavy atom. The Kier molecular flexibility index (Phi) is 5.58. The van der Waals surface area contributed by atoms with Crippen molar-refractivity contribution in [2.45, 2.75) is 31.7 Å². The summed E-state index contributed by atoms with van der Waals surface area (Å²) in [5.74, 6) is 0.245. The minimum Gasteiger partial charge on any atom is -0.493 e. The third-order valence-corrected chi connectivity index (χ3v) is 7.48. The number of benzene rings is 2. The summed E-state index contributed by atoms with van der Waals surface area (Å²) in [5, 5.41) is 2.31. The maximum Gasteiger partial charge on any atom is 0.343 e. The van der Waals surface area contributed by atoms with Crippen molar-refractivity contribution < 1.29 is 38.1 Å². The summed E-state index contributed by atoms with van der Waals surface area (Å²) in [6.07, 6.45) is 5.32. The van der Waals surface area contributed by atoms with E-state index < -0.39 is 23.8 Å². The highest BCUT2D eigenvalue weighted by Crippen LogP contribution is 2.47. The van der Waals surface area contributed by atoms with E-state index in [9.17, 15) is 19.2 Å². The fourth-order valence-corrected chi connectivity index (χ4v) is 5.71. The Morgan fingerprint density at radius 3 is 2.62 bits per heavy atom. The summed E-state index contributed by atoms with van der Waals surface area (Å²) in [4.78, 5) is 52.3. The first-order valence-electron chi connectivity index (χ1n) is 12.1. The normalized spacial score (nSPS) is 25.0. The number of fused-ring (bicyclic) bond motifs is 3. The standard InChI is InChI=1S/C27H24N2O8/c1-34-22-11-15(3-6-21(22)37-26(32)17-5-7-20-23(12-17)36-13-35-20)9-18-24(30)28-27(33)29(25(18)31)19-10-14-2-4-16(19)8-14/h3,5-7,9,11-12,14,16,19H,2,4,8,10,13H2,1H3,(H,28,30,33)/b18-9+/t14-,16-,19+/m0/s1. The van der Waals surface area contributed by atoms with Crippen molar-refractivity contribution in [2.24, 2.45) is 11.8 Å². The molecule has 0 aromatic heterocycles. The van der Waals surface area contributed by atoms with E-state index in [-0.39, 0.29) is 41.4 Å². The number of barbiturate groups is 1. The van der Waals surface area contributed by atoms with Crippen molar-refractivity contribution in [3.05, 3.63) is 53.1 Å². The van der Waals surface area contributed by atoms with E-state index in [0.717, 1.165) is 25.7 Å². The van der Waals surface area contributed by atoms with E-state index in [0.29, 0.717) is 23.0 Å². The van der Waals surface area contributed by atoms with Gasteiger partial charge in [-0.3, -0.25) is 19.8 Å². The molecular weight excluding hydrogens is 480 g/mol. The van der Waals surface area contributed by atoms with Crippen LogP contribution in [0.25, 0.3) is 6.08 Å². The molecule has 0 radical (unpaired) electrons. The Morgan fingerprint density at radius 1 is 1.03 bits per heavy atom. The first-order valence-corrected chi connectivity index (χ1v) is 12.1. The SMILES string of the molecule is COc1cc(/C=C2\C(=O)NC(=O)N([C@@H]3C[C@H]4CC[C@H]3C4)C2=O)ccc1OC(=O)c1ccc2c(c1)OCO2. The van der Waals surface area contributed by atoms with Gasteiger partial charge in [0.25, 0.3) is 11.8 Å². The minimum atomic E-state index is -0.744. The van der Waals surface area contributed by atoms with Crippen molar-refractivity contribution in [1.82, 2.24) is 10.2 Å². The number of carbonyl (C=O) groups is 4. The molecule has 10 heteroatoms. The zero-order chi connectivity index (χ0) is 25.7. The van der Waals surface area contributed by atoms with Gasteiger partial charge in [-0.1, -0.05) is 12.5 Å². The van der Waals surface area contributed by atoms with Crippen molar-refractivity contribution >= 4 is 29.9 Å². The number of hydrogen-bond acceptors (Lipinski definition) is 8. The predicted octanol–water partition coefficient (Wildman–Crippen LogP) is 3.29. The smallest absolute Gasteiger partial charge is 0.343 e. The maximum absolute atomic E-state index is 13.3. The molecule has 190 valence electrons. The largest absolute Gasteiger partial charge is 0.493 e. The van der Waals surface area contributed by atoms with Crippen LogP contribution in [0.1, 0.15) is 41.6 Å². The Bertz CT molecular complexity index is 1370. The molecule has 4 aliphatic rings. The molecule has 1 saturated heterocycles. The molecule has 2 aliphatic carbocycles. The second kappa shape index (κ2) is 8.95. The van der Waals surface area contributed by atoms with Crippen LogP contribution >= 0.6 is 0 Å². The fraction of sp³-hybridized carbons (Fsp3) is 0.333.